The quantitative estimate of drug-likeness (QED) is 0.672. The van der Waals surface area contributed by atoms with Crippen molar-refractivity contribution in [2.24, 2.45) is 0 Å². The molecule has 3 aromatic rings. The molecule has 0 spiro atoms. The van der Waals surface area contributed by atoms with Crippen LogP contribution in [0.4, 0.5) is 5.69 Å². The number of hydrogen-bond donors (Lipinski definition) is 1. The highest BCUT2D eigenvalue weighted by Gasteiger charge is 2.21. The lowest BCUT2D eigenvalue weighted by molar-refractivity contribution is 0.102. The summed E-state index contributed by atoms with van der Waals surface area (Å²) in [6, 6.07) is 17.3. The van der Waals surface area contributed by atoms with Crippen LogP contribution >= 0.6 is 27.5 Å². The second kappa shape index (κ2) is 7.20. The molecule has 1 amide bonds. The van der Waals surface area contributed by atoms with Crippen molar-refractivity contribution in [3.8, 4) is 0 Å². The third-order valence-corrected chi connectivity index (χ3v) is 4.67. The Morgan fingerprint density at radius 2 is 1.83 bits per heavy atom. The number of para-hydroxylation sites is 1. The van der Waals surface area contributed by atoms with Crippen molar-refractivity contribution in [1.29, 1.82) is 0 Å². The fourth-order valence-corrected chi connectivity index (χ4v) is 3.12. The Morgan fingerprint density at radius 1 is 1.17 bits per heavy atom. The summed E-state index contributed by atoms with van der Waals surface area (Å²) in [6.07, 6.45) is 0. The molecular weight excluding hydrogens is 390 g/mol. The molecule has 0 radical (unpaired) electrons. The van der Waals surface area contributed by atoms with Crippen molar-refractivity contribution in [2.75, 3.05) is 5.32 Å². The number of amides is 1. The van der Waals surface area contributed by atoms with E-state index in [1.807, 2.05) is 54.6 Å². The lowest BCUT2D eigenvalue weighted by Gasteiger charge is -2.07. The maximum Gasteiger partial charge on any atom is 0.260 e. The Morgan fingerprint density at radius 3 is 2.54 bits per heavy atom. The number of anilines is 1. The number of aromatic nitrogens is 2. The van der Waals surface area contributed by atoms with E-state index in [1.165, 1.54) is 0 Å². The Kier molecular flexibility index (Phi) is 5.02. The van der Waals surface area contributed by atoms with Crippen LogP contribution in [-0.4, -0.2) is 15.7 Å². The van der Waals surface area contributed by atoms with Gasteiger partial charge in [0.1, 0.15) is 5.15 Å². The second-order valence-corrected chi connectivity index (χ2v) is 6.54. The van der Waals surface area contributed by atoms with Gasteiger partial charge in [-0.3, -0.25) is 4.79 Å². The standard InChI is InChI=1S/C18H15BrClN3O/c1-12-16(18(24)21-15-10-6-5-9-14(15)19)17(20)23(22-12)11-13-7-3-2-4-8-13/h2-10H,11H2,1H3,(H,21,24). The molecule has 1 aromatic heterocycles. The SMILES string of the molecule is Cc1nn(Cc2ccccc2)c(Cl)c1C(=O)Nc1ccccc1Br. The smallest absolute Gasteiger partial charge is 0.260 e. The first-order chi connectivity index (χ1) is 11.6. The van der Waals surface area contributed by atoms with E-state index in [0.717, 1.165) is 10.0 Å². The van der Waals surface area contributed by atoms with Gasteiger partial charge in [-0.2, -0.15) is 5.10 Å². The molecule has 0 aliphatic carbocycles. The van der Waals surface area contributed by atoms with E-state index < -0.39 is 0 Å². The van der Waals surface area contributed by atoms with Crippen molar-refractivity contribution < 1.29 is 4.79 Å². The first-order valence-electron chi connectivity index (χ1n) is 7.39. The zero-order valence-corrected chi connectivity index (χ0v) is 15.3. The van der Waals surface area contributed by atoms with E-state index in [0.29, 0.717) is 28.6 Å². The van der Waals surface area contributed by atoms with E-state index in [1.54, 1.807) is 11.6 Å². The highest BCUT2D eigenvalue weighted by atomic mass is 79.9. The maximum atomic E-state index is 12.6. The summed E-state index contributed by atoms with van der Waals surface area (Å²) in [5.74, 6) is -0.274. The van der Waals surface area contributed by atoms with Gasteiger partial charge in [0, 0.05) is 4.47 Å². The molecule has 122 valence electrons. The molecule has 0 aliphatic rings. The Bertz CT molecular complexity index is 877. The predicted molar refractivity (Wildman–Crippen MR) is 99.6 cm³/mol. The van der Waals surface area contributed by atoms with Crippen molar-refractivity contribution >= 4 is 39.1 Å². The molecule has 4 nitrogen and oxygen atoms in total. The highest BCUT2D eigenvalue weighted by molar-refractivity contribution is 9.10. The lowest BCUT2D eigenvalue weighted by Crippen LogP contribution is -2.13. The van der Waals surface area contributed by atoms with Gasteiger partial charge in [0.15, 0.2) is 0 Å². The Labute approximate surface area is 153 Å². The van der Waals surface area contributed by atoms with Gasteiger partial charge in [-0.05, 0) is 40.5 Å². The topological polar surface area (TPSA) is 46.9 Å². The van der Waals surface area contributed by atoms with Crippen molar-refractivity contribution in [2.45, 2.75) is 13.5 Å². The molecule has 1 heterocycles. The van der Waals surface area contributed by atoms with Gasteiger partial charge in [-0.1, -0.05) is 54.1 Å². The number of carbonyl (C=O) groups excluding carboxylic acids is 1. The van der Waals surface area contributed by atoms with E-state index >= 15 is 0 Å². The number of aryl methyl sites for hydroxylation is 1. The van der Waals surface area contributed by atoms with Crippen molar-refractivity contribution in [3.05, 3.63) is 81.0 Å². The van der Waals surface area contributed by atoms with Gasteiger partial charge in [0.25, 0.3) is 5.91 Å². The molecule has 0 unspecified atom stereocenters. The molecule has 3 rings (SSSR count). The second-order valence-electron chi connectivity index (χ2n) is 5.33. The van der Waals surface area contributed by atoms with Gasteiger partial charge in [-0.25, -0.2) is 4.68 Å². The first kappa shape index (κ1) is 16.7. The third-order valence-electron chi connectivity index (χ3n) is 3.59. The van der Waals surface area contributed by atoms with E-state index in [9.17, 15) is 4.79 Å². The Balaban J connectivity index is 1.86. The molecule has 0 aliphatic heterocycles. The van der Waals surface area contributed by atoms with Crippen LogP contribution in [0.3, 0.4) is 0 Å². The normalized spacial score (nSPS) is 10.6. The summed E-state index contributed by atoms with van der Waals surface area (Å²) in [7, 11) is 0. The zero-order chi connectivity index (χ0) is 17.1. The predicted octanol–water partition coefficient (Wildman–Crippen LogP) is 4.91. The van der Waals surface area contributed by atoms with Gasteiger partial charge >= 0.3 is 0 Å². The van der Waals surface area contributed by atoms with Gasteiger partial charge in [0.05, 0.1) is 23.5 Å². The summed E-state index contributed by atoms with van der Waals surface area (Å²) < 4.78 is 2.45. The summed E-state index contributed by atoms with van der Waals surface area (Å²) >= 11 is 9.82. The molecule has 24 heavy (non-hydrogen) atoms. The van der Waals surface area contributed by atoms with E-state index in [4.69, 9.17) is 11.6 Å². The molecule has 0 atom stereocenters. The number of benzene rings is 2. The summed E-state index contributed by atoms with van der Waals surface area (Å²) in [4.78, 5) is 12.6. The van der Waals surface area contributed by atoms with Crippen LogP contribution in [0.1, 0.15) is 21.6 Å². The fourth-order valence-electron chi connectivity index (χ4n) is 2.42. The maximum absolute atomic E-state index is 12.6. The van der Waals surface area contributed by atoms with Gasteiger partial charge < -0.3 is 5.32 Å². The van der Waals surface area contributed by atoms with Crippen LogP contribution in [0, 0.1) is 6.92 Å². The minimum Gasteiger partial charge on any atom is -0.321 e. The molecular formula is C18H15BrClN3O. The number of halogens is 2. The molecule has 6 heteroatoms. The number of nitrogens with zero attached hydrogens (tertiary/aromatic N) is 2. The van der Waals surface area contributed by atoms with Gasteiger partial charge in [0.2, 0.25) is 0 Å². The van der Waals surface area contributed by atoms with Crippen LogP contribution in [0.2, 0.25) is 5.15 Å². The van der Waals surface area contributed by atoms with Crippen LogP contribution in [-0.2, 0) is 6.54 Å². The van der Waals surface area contributed by atoms with Crippen molar-refractivity contribution in [3.63, 3.8) is 0 Å². The molecule has 0 bridgehead atoms. The minimum atomic E-state index is -0.274. The summed E-state index contributed by atoms with van der Waals surface area (Å²) in [6.45, 7) is 2.30. The van der Waals surface area contributed by atoms with Crippen LogP contribution < -0.4 is 5.32 Å². The zero-order valence-electron chi connectivity index (χ0n) is 13.0. The van der Waals surface area contributed by atoms with E-state index in [-0.39, 0.29) is 5.91 Å². The minimum absolute atomic E-state index is 0.274. The third kappa shape index (κ3) is 3.52. The first-order valence-corrected chi connectivity index (χ1v) is 8.56. The van der Waals surface area contributed by atoms with Crippen LogP contribution in [0.5, 0.6) is 0 Å². The highest BCUT2D eigenvalue weighted by Crippen LogP contribution is 2.25. The molecule has 0 saturated carbocycles. The van der Waals surface area contributed by atoms with E-state index in [2.05, 4.69) is 26.3 Å². The van der Waals surface area contributed by atoms with Crippen molar-refractivity contribution in [1.82, 2.24) is 9.78 Å². The summed E-state index contributed by atoms with van der Waals surface area (Å²) in [5.41, 5.74) is 2.75. The number of nitrogens with one attached hydrogen (secondary N) is 1. The number of carbonyl (C=O) groups is 1. The molecule has 2 aromatic carbocycles. The molecule has 0 saturated heterocycles. The van der Waals surface area contributed by atoms with Crippen LogP contribution in [0.15, 0.2) is 59.1 Å². The number of rotatable bonds is 4. The lowest BCUT2D eigenvalue weighted by atomic mass is 10.2. The van der Waals surface area contributed by atoms with Gasteiger partial charge in [-0.15, -0.1) is 0 Å². The molecule has 1 N–H and O–H groups in total. The number of hydrogen-bond acceptors (Lipinski definition) is 2. The van der Waals surface area contributed by atoms with Crippen LogP contribution in [0.25, 0.3) is 0 Å². The largest absolute Gasteiger partial charge is 0.321 e. The Hall–Kier alpha value is -2.11. The fraction of sp³-hybridized carbons (Fsp3) is 0.111. The molecule has 0 fully saturated rings. The summed E-state index contributed by atoms with van der Waals surface area (Å²) in [5, 5.41) is 7.60. The monoisotopic (exact) mass is 403 g/mol. The average Bonchev–Trinajstić information content (AvgIpc) is 2.84. The average molecular weight is 405 g/mol.